The lowest BCUT2D eigenvalue weighted by atomic mass is 9.80. The first-order valence-corrected chi connectivity index (χ1v) is 12.4. The lowest BCUT2D eigenvalue weighted by Gasteiger charge is -2.39. The largest absolute Gasteiger partial charge is 0.478 e. The number of amides is 1. The van der Waals surface area contributed by atoms with Crippen LogP contribution in [0.2, 0.25) is 0 Å². The summed E-state index contributed by atoms with van der Waals surface area (Å²) in [6.45, 7) is 0.553. The molecular weight excluding hydrogens is 432 g/mol. The van der Waals surface area contributed by atoms with Gasteiger partial charge in [-0.3, -0.25) is 9.69 Å². The lowest BCUT2D eigenvalue weighted by molar-refractivity contribution is -0.135. The molecule has 0 aromatic heterocycles. The van der Waals surface area contributed by atoms with E-state index in [1.165, 1.54) is 69.8 Å². The topological polar surface area (TPSA) is 98.2 Å². The van der Waals surface area contributed by atoms with Crippen LogP contribution < -0.4 is 0 Å². The van der Waals surface area contributed by atoms with Gasteiger partial charge in [0.15, 0.2) is 0 Å². The number of carbonyl (C=O) groups excluding carboxylic acids is 1. The summed E-state index contributed by atoms with van der Waals surface area (Å²) < 4.78 is 0. The fourth-order valence-electron chi connectivity index (χ4n) is 5.19. The Hall–Kier alpha value is -2.67. The van der Waals surface area contributed by atoms with Gasteiger partial charge in [0.2, 0.25) is 5.91 Å². The molecule has 2 aliphatic rings. The van der Waals surface area contributed by atoms with Crippen LogP contribution in [0.3, 0.4) is 0 Å². The molecule has 0 bridgehead atoms. The maximum absolute atomic E-state index is 13.1. The number of carbonyl (C=O) groups is 3. The highest BCUT2D eigenvalue weighted by molar-refractivity contribution is 5.89. The molecule has 7 nitrogen and oxygen atoms in total. The molecule has 0 aliphatic heterocycles. The summed E-state index contributed by atoms with van der Waals surface area (Å²) in [7, 11) is 4.17. The van der Waals surface area contributed by atoms with E-state index in [-0.39, 0.29) is 11.9 Å². The van der Waals surface area contributed by atoms with Crippen molar-refractivity contribution in [3.8, 4) is 0 Å². The Kier molecular flexibility index (Phi) is 11.8. The normalized spacial score (nSPS) is 18.2. The molecule has 188 valence electrons. The van der Waals surface area contributed by atoms with E-state index >= 15 is 0 Å². The molecule has 1 aromatic rings. The van der Waals surface area contributed by atoms with E-state index < -0.39 is 11.9 Å². The van der Waals surface area contributed by atoms with Gasteiger partial charge >= 0.3 is 11.9 Å². The van der Waals surface area contributed by atoms with E-state index in [4.69, 9.17) is 10.2 Å². The number of rotatable bonds is 8. The molecule has 1 atom stereocenters. The Morgan fingerprint density at radius 2 is 1.35 bits per heavy atom. The van der Waals surface area contributed by atoms with Crippen LogP contribution in [0.15, 0.2) is 42.5 Å². The number of likely N-dealkylation sites (N-methyl/N-ethyl adjacent to an activating group) is 2. The zero-order chi connectivity index (χ0) is 24.9. The van der Waals surface area contributed by atoms with Gasteiger partial charge in [0.25, 0.3) is 0 Å². The predicted molar refractivity (Wildman–Crippen MR) is 132 cm³/mol. The van der Waals surface area contributed by atoms with E-state index in [2.05, 4.69) is 47.2 Å². The van der Waals surface area contributed by atoms with E-state index in [0.717, 1.165) is 0 Å². The summed E-state index contributed by atoms with van der Waals surface area (Å²) >= 11 is 0. The van der Waals surface area contributed by atoms with Crippen molar-refractivity contribution in [3.05, 3.63) is 48.0 Å². The highest BCUT2D eigenvalue weighted by Crippen LogP contribution is 2.38. The van der Waals surface area contributed by atoms with Crippen molar-refractivity contribution >= 4 is 17.8 Å². The average molecular weight is 473 g/mol. The van der Waals surface area contributed by atoms with Gasteiger partial charge in [-0.1, -0.05) is 68.9 Å². The van der Waals surface area contributed by atoms with Crippen molar-refractivity contribution in [2.24, 2.45) is 5.92 Å². The predicted octanol–water partition coefficient (Wildman–Crippen LogP) is 4.74. The van der Waals surface area contributed by atoms with Crippen LogP contribution in [0, 0.1) is 5.92 Å². The van der Waals surface area contributed by atoms with Crippen molar-refractivity contribution in [2.45, 2.75) is 76.3 Å². The number of nitrogens with zero attached hydrogens (tertiary/aromatic N) is 2. The zero-order valence-corrected chi connectivity index (χ0v) is 20.6. The Bertz CT molecular complexity index is 782. The van der Waals surface area contributed by atoms with Gasteiger partial charge in [-0.15, -0.1) is 0 Å². The van der Waals surface area contributed by atoms with Gasteiger partial charge in [-0.25, -0.2) is 9.59 Å². The second-order valence-electron chi connectivity index (χ2n) is 9.48. The number of hydrogen-bond donors (Lipinski definition) is 2. The van der Waals surface area contributed by atoms with Gasteiger partial charge < -0.3 is 15.1 Å². The van der Waals surface area contributed by atoms with Crippen LogP contribution in [-0.4, -0.2) is 64.5 Å². The molecule has 2 aliphatic carbocycles. The monoisotopic (exact) mass is 472 g/mol. The maximum Gasteiger partial charge on any atom is 0.328 e. The molecule has 1 aromatic carbocycles. The van der Waals surface area contributed by atoms with Crippen molar-refractivity contribution in [1.29, 1.82) is 0 Å². The maximum atomic E-state index is 13.1. The smallest absolute Gasteiger partial charge is 0.328 e. The summed E-state index contributed by atoms with van der Waals surface area (Å²) in [5.74, 6) is -1.64. The molecule has 0 radical (unpaired) electrons. The highest BCUT2D eigenvalue weighted by Gasteiger charge is 2.31. The van der Waals surface area contributed by atoms with Crippen LogP contribution in [0.25, 0.3) is 0 Å². The molecule has 2 N–H and O–H groups in total. The Balaban J connectivity index is 0.000000440. The molecule has 7 heteroatoms. The highest BCUT2D eigenvalue weighted by atomic mass is 16.4. The Morgan fingerprint density at radius 1 is 0.853 bits per heavy atom. The van der Waals surface area contributed by atoms with Crippen LogP contribution in [-0.2, 0) is 14.4 Å². The minimum absolute atomic E-state index is 0.226. The molecule has 34 heavy (non-hydrogen) atoms. The Labute approximate surface area is 203 Å². The third-order valence-corrected chi connectivity index (χ3v) is 7.00. The van der Waals surface area contributed by atoms with Gasteiger partial charge in [0.05, 0.1) is 12.6 Å². The van der Waals surface area contributed by atoms with Crippen molar-refractivity contribution in [2.75, 3.05) is 20.6 Å². The molecule has 0 saturated heterocycles. The number of carboxylic acids is 2. The molecule has 3 rings (SSSR count). The van der Waals surface area contributed by atoms with E-state index in [1.807, 2.05) is 7.05 Å². The number of benzene rings is 1. The number of carboxylic acid groups (broad SMARTS) is 2. The van der Waals surface area contributed by atoms with Crippen LogP contribution in [0.4, 0.5) is 0 Å². The fraction of sp³-hybridized carbons (Fsp3) is 0.593. The van der Waals surface area contributed by atoms with Gasteiger partial charge in [0.1, 0.15) is 0 Å². The Morgan fingerprint density at radius 3 is 1.85 bits per heavy atom. The first-order chi connectivity index (χ1) is 16.3. The third kappa shape index (κ3) is 9.29. The average Bonchev–Trinajstić information content (AvgIpc) is 2.85. The first kappa shape index (κ1) is 27.6. The standard InChI is InChI=1S/C23H36N2O.C4H4O4/c1-24(21-16-10-5-11-17-21)18-22(26)25(2)23(19-12-6-3-7-13-19)20-14-8-4-9-15-20;5-3(6)1-2-4(7)8/h3,6-7,12-13,20-21,23H,4-5,8-11,14-18H2,1-2H3;1-2H,(H,5,6)(H,7,8)/b;2-1-. The quantitative estimate of drug-likeness (QED) is 0.530. The van der Waals surface area contributed by atoms with Gasteiger partial charge in [0, 0.05) is 25.2 Å². The number of aliphatic carboxylic acids is 2. The molecule has 0 heterocycles. The lowest BCUT2D eigenvalue weighted by Crippen LogP contribution is -2.44. The van der Waals surface area contributed by atoms with E-state index in [0.29, 0.717) is 30.7 Å². The zero-order valence-electron chi connectivity index (χ0n) is 20.6. The minimum Gasteiger partial charge on any atom is -0.478 e. The van der Waals surface area contributed by atoms with E-state index in [9.17, 15) is 14.4 Å². The first-order valence-electron chi connectivity index (χ1n) is 12.4. The molecule has 1 amide bonds. The van der Waals surface area contributed by atoms with Crippen LogP contribution in [0.5, 0.6) is 0 Å². The summed E-state index contributed by atoms with van der Waals surface area (Å²) in [6.07, 6.45) is 14.0. The summed E-state index contributed by atoms with van der Waals surface area (Å²) in [4.78, 5) is 36.6. The van der Waals surface area contributed by atoms with Crippen LogP contribution >= 0.6 is 0 Å². The molecule has 2 fully saturated rings. The van der Waals surface area contributed by atoms with Crippen molar-refractivity contribution in [1.82, 2.24) is 9.80 Å². The third-order valence-electron chi connectivity index (χ3n) is 7.00. The minimum atomic E-state index is -1.26. The summed E-state index contributed by atoms with van der Waals surface area (Å²) in [5.41, 5.74) is 1.30. The van der Waals surface area contributed by atoms with Crippen LogP contribution in [0.1, 0.15) is 75.8 Å². The summed E-state index contributed by atoms with van der Waals surface area (Å²) in [5, 5.41) is 15.6. The van der Waals surface area contributed by atoms with Crippen molar-refractivity contribution in [3.63, 3.8) is 0 Å². The van der Waals surface area contributed by atoms with Crippen molar-refractivity contribution < 1.29 is 24.6 Å². The molecule has 2 saturated carbocycles. The molecule has 1 unspecified atom stereocenters. The molecular formula is C27H40N2O5. The second kappa shape index (κ2) is 14.6. The van der Waals surface area contributed by atoms with E-state index in [1.54, 1.807) is 0 Å². The summed E-state index contributed by atoms with van der Waals surface area (Å²) in [6, 6.07) is 11.5. The fourth-order valence-corrected chi connectivity index (χ4v) is 5.19. The SMILES string of the molecule is CN(CC(=O)N(C)C(c1ccccc1)C1CCCCC1)C1CCCCC1.O=C(O)/C=C\C(=O)O. The van der Waals surface area contributed by atoms with Gasteiger partial charge in [-0.05, 0) is 44.2 Å². The second-order valence-corrected chi connectivity index (χ2v) is 9.48. The number of hydrogen-bond acceptors (Lipinski definition) is 4. The molecule has 0 spiro atoms. The van der Waals surface area contributed by atoms with Gasteiger partial charge in [-0.2, -0.15) is 0 Å².